The zero-order valence-corrected chi connectivity index (χ0v) is 16.1. The number of sulfone groups is 1. The summed E-state index contributed by atoms with van der Waals surface area (Å²) in [5, 5.41) is 2.68. The van der Waals surface area contributed by atoms with E-state index in [0.29, 0.717) is 11.3 Å². The first-order chi connectivity index (χ1) is 12.8. The maximum Gasteiger partial charge on any atom is 0.254 e. The Bertz CT molecular complexity index is 971. The number of hydrogen-bond acceptors (Lipinski definition) is 4. The van der Waals surface area contributed by atoms with Gasteiger partial charge in [0.15, 0.2) is 9.84 Å². The van der Waals surface area contributed by atoms with Crippen molar-refractivity contribution in [2.24, 2.45) is 0 Å². The molecule has 2 amide bonds. The van der Waals surface area contributed by atoms with Gasteiger partial charge < -0.3 is 10.2 Å². The molecule has 0 aromatic heterocycles. The molecule has 1 aliphatic heterocycles. The van der Waals surface area contributed by atoms with Gasteiger partial charge >= 0.3 is 0 Å². The zero-order chi connectivity index (χ0) is 19.6. The highest BCUT2D eigenvalue weighted by Gasteiger charge is 2.38. The Balaban J connectivity index is 1.88. The molecule has 0 saturated heterocycles. The topological polar surface area (TPSA) is 83.6 Å². The minimum Gasteiger partial charge on any atom is -0.341 e. The van der Waals surface area contributed by atoms with Crippen molar-refractivity contribution in [2.75, 3.05) is 17.2 Å². The van der Waals surface area contributed by atoms with Crippen molar-refractivity contribution in [1.82, 2.24) is 5.32 Å². The van der Waals surface area contributed by atoms with E-state index in [1.54, 1.807) is 30.3 Å². The number of nitrogens with zero attached hydrogens (tertiary/aromatic N) is 1. The number of benzene rings is 2. The van der Waals surface area contributed by atoms with Crippen LogP contribution in [-0.4, -0.2) is 32.5 Å². The molecule has 1 heterocycles. The molecule has 0 spiro atoms. The lowest BCUT2D eigenvalue weighted by Gasteiger charge is -2.18. The smallest absolute Gasteiger partial charge is 0.254 e. The molecule has 3 rings (SSSR count). The summed E-state index contributed by atoms with van der Waals surface area (Å²) < 4.78 is 25.1. The standard InChI is InChI=1S/C20H22N2O4S/c1-3-15-9-10-18-17(13-15)19(21-14(2)23)20(24)22(18)11-12-27(25,26)16-7-5-4-6-8-16/h4-10,13,19H,3,11-12H2,1-2H3,(H,21,23). The van der Waals surface area contributed by atoms with Crippen molar-refractivity contribution in [2.45, 2.75) is 31.2 Å². The highest BCUT2D eigenvalue weighted by Crippen LogP contribution is 2.36. The van der Waals surface area contributed by atoms with E-state index in [9.17, 15) is 18.0 Å². The van der Waals surface area contributed by atoms with Crippen LogP contribution in [0.3, 0.4) is 0 Å². The minimum absolute atomic E-state index is 0.0324. The van der Waals surface area contributed by atoms with E-state index < -0.39 is 15.9 Å². The first-order valence-electron chi connectivity index (χ1n) is 8.82. The summed E-state index contributed by atoms with van der Waals surface area (Å²) >= 11 is 0. The highest BCUT2D eigenvalue weighted by molar-refractivity contribution is 7.91. The summed E-state index contributed by atoms with van der Waals surface area (Å²) in [5.74, 6) is -0.804. The van der Waals surface area contributed by atoms with Crippen molar-refractivity contribution in [3.63, 3.8) is 0 Å². The number of hydrogen-bond donors (Lipinski definition) is 1. The van der Waals surface area contributed by atoms with E-state index in [4.69, 9.17) is 0 Å². The molecule has 2 aromatic rings. The number of aryl methyl sites for hydroxylation is 1. The molecule has 0 bridgehead atoms. The molecule has 2 aromatic carbocycles. The van der Waals surface area contributed by atoms with Crippen LogP contribution in [0.5, 0.6) is 0 Å². The summed E-state index contributed by atoms with van der Waals surface area (Å²) in [6.45, 7) is 3.40. The monoisotopic (exact) mass is 386 g/mol. The predicted molar refractivity (Wildman–Crippen MR) is 103 cm³/mol. The van der Waals surface area contributed by atoms with Gasteiger partial charge in [0.05, 0.1) is 10.6 Å². The van der Waals surface area contributed by atoms with E-state index >= 15 is 0 Å². The first kappa shape index (κ1) is 19.1. The molecule has 1 unspecified atom stereocenters. The Hall–Kier alpha value is -2.67. The Morgan fingerprint density at radius 3 is 2.48 bits per heavy atom. The van der Waals surface area contributed by atoms with Gasteiger partial charge in [0.1, 0.15) is 6.04 Å². The summed E-state index contributed by atoms with van der Waals surface area (Å²) in [6, 6.07) is 13.0. The number of anilines is 1. The average Bonchev–Trinajstić information content (AvgIpc) is 2.91. The fourth-order valence-corrected chi connectivity index (χ4v) is 4.47. The van der Waals surface area contributed by atoms with E-state index in [-0.39, 0.29) is 29.0 Å². The molecule has 27 heavy (non-hydrogen) atoms. The zero-order valence-electron chi connectivity index (χ0n) is 15.3. The van der Waals surface area contributed by atoms with Crippen molar-refractivity contribution >= 4 is 27.3 Å². The largest absolute Gasteiger partial charge is 0.341 e. The van der Waals surface area contributed by atoms with Crippen LogP contribution in [-0.2, 0) is 25.8 Å². The molecule has 1 aliphatic rings. The minimum atomic E-state index is -3.51. The number of rotatable bonds is 6. The molecule has 0 radical (unpaired) electrons. The molecule has 142 valence electrons. The summed E-state index contributed by atoms with van der Waals surface area (Å²) in [5.41, 5.74) is 2.42. The summed E-state index contributed by atoms with van der Waals surface area (Å²) in [6.07, 6.45) is 0.802. The van der Waals surface area contributed by atoms with Crippen LogP contribution in [0.1, 0.15) is 31.0 Å². The van der Waals surface area contributed by atoms with Crippen molar-refractivity contribution in [3.05, 3.63) is 59.7 Å². The van der Waals surface area contributed by atoms with E-state index in [0.717, 1.165) is 12.0 Å². The Morgan fingerprint density at radius 2 is 1.85 bits per heavy atom. The molecular formula is C20H22N2O4S. The second-order valence-electron chi connectivity index (χ2n) is 6.50. The Kier molecular flexibility index (Phi) is 5.32. The molecule has 0 fully saturated rings. The Morgan fingerprint density at radius 1 is 1.15 bits per heavy atom. The van der Waals surface area contributed by atoms with E-state index in [2.05, 4.69) is 5.32 Å². The van der Waals surface area contributed by atoms with Crippen molar-refractivity contribution < 1.29 is 18.0 Å². The number of fused-ring (bicyclic) bond motifs is 1. The van der Waals surface area contributed by atoms with Crippen LogP contribution in [0.4, 0.5) is 5.69 Å². The van der Waals surface area contributed by atoms with Gasteiger partial charge in [-0.3, -0.25) is 9.59 Å². The highest BCUT2D eigenvalue weighted by atomic mass is 32.2. The lowest BCUT2D eigenvalue weighted by molar-refractivity contribution is -0.126. The first-order valence-corrected chi connectivity index (χ1v) is 10.5. The average molecular weight is 386 g/mol. The quantitative estimate of drug-likeness (QED) is 0.825. The number of carbonyl (C=O) groups excluding carboxylic acids is 2. The van der Waals surface area contributed by atoms with Crippen LogP contribution in [0.15, 0.2) is 53.4 Å². The van der Waals surface area contributed by atoms with Crippen LogP contribution in [0, 0.1) is 0 Å². The van der Waals surface area contributed by atoms with Gasteiger partial charge in [0, 0.05) is 24.7 Å². The second kappa shape index (κ2) is 7.52. The molecular weight excluding hydrogens is 364 g/mol. The number of nitrogens with one attached hydrogen (secondary N) is 1. The molecule has 6 nitrogen and oxygen atoms in total. The maximum absolute atomic E-state index is 12.9. The van der Waals surface area contributed by atoms with Gasteiger partial charge in [0.25, 0.3) is 5.91 Å². The lowest BCUT2D eigenvalue weighted by Crippen LogP contribution is -2.38. The molecule has 0 saturated carbocycles. The molecule has 7 heteroatoms. The van der Waals surface area contributed by atoms with Gasteiger partial charge in [-0.05, 0) is 30.2 Å². The Labute approximate surface area is 159 Å². The van der Waals surface area contributed by atoms with Gasteiger partial charge in [0.2, 0.25) is 5.91 Å². The fraction of sp³-hybridized carbons (Fsp3) is 0.300. The summed E-state index contributed by atoms with van der Waals surface area (Å²) in [7, 11) is -3.51. The van der Waals surface area contributed by atoms with E-state index in [1.807, 2.05) is 25.1 Å². The molecule has 1 atom stereocenters. The van der Waals surface area contributed by atoms with Crippen LogP contribution < -0.4 is 10.2 Å². The van der Waals surface area contributed by atoms with Crippen LogP contribution >= 0.6 is 0 Å². The van der Waals surface area contributed by atoms with Crippen molar-refractivity contribution in [1.29, 1.82) is 0 Å². The lowest BCUT2D eigenvalue weighted by atomic mass is 10.0. The number of carbonyl (C=O) groups is 2. The van der Waals surface area contributed by atoms with Gasteiger partial charge in [-0.2, -0.15) is 0 Å². The van der Waals surface area contributed by atoms with Gasteiger partial charge in [-0.25, -0.2) is 8.42 Å². The molecule has 1 N–H and O–H groups in total. The second-order valence-corrected chi connectivity index (χ2v) is 8.61. The van der Waals surface area contributed by atoms with Gasteiger partial charge in [-0.15, -0.1) is 0 Å². The third-order valence-electron chi connectivity index (χ3n) is 4.65. The van der Waals surface area contributed by atoms with Crippen LogP contribution in [0.25, 0.3) is 0 Å². The third kappa shape index (κ3) is 3.88. The predicted octanol–water partition coefficient (Wildman–Crippen LogP) is 2.25. The SMILES string of the molecule is CCc1ccc2c(c1)C(NC(C)=O)C(=O)N2CCS(=O)(=O)c1ccccc1. The normalized spacial score (nSPS) is 16.3. The van der Waals surface area contributed by atoms with Gasteiger partial charge in [-0.1, -0.05) is 37.3 Å². The van der Waals surface area contributed by atoms with E-state index in [1.165, 1.54) is 11.8 Å². The molecule has 0 aliphatic carbocycles. The van der Waals surface area contributed by atoms with Crippen LogP contribution in [0.2, 0.25) is 0 Å². The van der Waals surface area contributed by atoms with Crippen molar-refractivity contribution in [3.8, 4) is 0 Å². The third-order valence-corrected chi connectivity index (χ3v) is 6.36. The number of amides is 2. The maximum atomic E-state index is 12.9. The fourth-order valence-electron chi connectivity index (χ4n) is 3.24. The summed E-state index contributed by atoms with van der Waals surface area (Å²) in [4.78, 5) is 26.1.